The minimum Gasteiger partial charge on any atom is -0.383 e. The van der Waals surface area contributed by atoms with Crippen molar-refractivity contribution in [1.29, 1.82) is 0 Å². The summed E-state index contributed by atoms with van der Waals surface area (Å²) in [6, 6.07) is 0. The number of halogens is 1. The van der Waals surface area contributed by atoms with E-state index >= 15 is 0 Å². The van der Waals surface area contributed by atoms with Gasteiger partial charge in [-0.1, -0.05) is 33.1 Å². The van der Waals surface area contributed by atoms with E-state index in [9.17, 15) is 0 Å². The Hall–Kier alpha value is -0.640. The molecule has 1 saturated carbocycles. The number of anilines is 1. The minimum atomic E-state index is 0.372. The third kappa shape index (κ3) is 2.79. The fraction of sp³-hybridized carbons (Fsp3) is 0.692. The van der Waals surface area contributed by atoms with Crippen molar-refractivity contribution in [3.8, 4) is 0 Å². The number of nitrogen functional groups attached to an aromatic ring is 1. The van der Waals surface area contributed by atoms with E-state index in [0.717, 1.165) is 16.0 Å². The summed E-state index contributed by atoms with van der Waals surface area (Å²) < 4.78 is 0.868. The molecule has 0 atom stereocenters. The Kier molecular flexibility index (Phi) is 4.02. The van der Waals surface area contributed by atoms with Crippen LogP contribution in [-0.2, 0) is 0 Å². The number of rotatable bonds is 2. The first kappa shape index (κ1) is 12.8. The zero-order valence-corrected chi connectivity index (χ0v) is 12.1. The van der Waals surface area contributed by atoms with Crippen molar-refractivity contribution in [2.75, 3.05) is 5.73 Å². The van der Waals surface area contributed by atoms with Crippen molar-refractivity contribution in [3.63, 3.8) is 0 Å². The van der Waals surface area contributed by atoms with Gasteiger partial charge >= 0.3 is 0 Å². The van der Waals surface area contributed by atoms with Crippen LogP contribution >= 0.6 is 15.9 Å². The Labute approximate surface area is 111 Å². The van der Waals surface area contributed by atoms with E-state index in [1.807, 2.05) is 0 Å². The molecule has 0 aromatic carbocycles. The molecule has 1 aliphatic carbocycles. The molecule has 1 aromatic heterocycles. The Morgan fingerprint density at radius 3 is 2.41 bits per heavy atom. The van der Waals surface area contributed by atoms with E-state index in [4.69, 9.17) is 10.7 Å². The topological polar surface area (TPSA) is 51.8 Å². The average Bonchev–Trinajstić information content (AvgIpc) is 2.33. The van der Waals surface area contributed by atoms with E-state index in [2.05, 4.69) is 34.8 Å². The fourth-order valence-electron chi connectivity index (χ4n) is 2.43. The van der Waals surface area contributed by atoms with Gasteiger partial charge < -0.3 is 5.73 Å². The second kappa shape index (κ2) is 5.34. The standard InChI is InChI=1S/C13H20BrN3/c1-8(2)11-10(14)12(15)17-13(16-11)9-6-4-3-5-7-9/h8-9H,3-7H2,1-2H3,(H2,15,16,17). The number of aromatic nitrogens is 2. The second-order valence-corrected chi connectivity index (χ2v) is 5.95. The van der Waals surface area contributed by atoms with Crippen LogP contribution in [0.5, 0.6) is 0 Å². The quantitative estimate of drug-likeness (QED) is 0.898. The van der Waals surface area contributed by atoms with E-state index in [0.29, 0.717) is 17.7 Å². The molecule has 1 aromatic rings. The van der Waals surface area contributed by atoms with Crippen molar-refractivity contribution in [3.05, 3.63) is 16.0 Å². The highest BCUT2D eigenvalue weighted by Crippen LogP contribution is 2.34. The molecule has 0 saturated heterocycles. The summed E-state index contributed by atoms with van der Waals surface area (Å²) in [7, 11) is 0. The third-order valence-electron chi connectivity index (χ3n) is 3.44. The zero-order chi connectivity index (χ0) is 12.4. The largest absolute Gasteiger partial charge is 0.383 e. The molecule has 0 unspecified atom stereocenters. The lowest BCUT2D eigenvalue weighted by Crippen LogP contribution is -2.13. The maximum absolute atomic E-state index is 5.97. The Balaban J connectivity index is 2.34. The highest BCUT2D eigenvalue weighted by atomic mass is 79.9. The maximum Gasteiger partial charge on any atom is 0.141 e. The van der Waals surface area contributed by atoms with Crippen LogP contribution in [0.4, 0.5) is 5.82 Å². The molecule has 1 aliphatic rings. The van der Waals surface area contributed by atoms with E-state index < -0.39 is 0 Å². The molecule has 94 valence electrons. The van der Waals surface area contributed by atoms with Crippen molar-refractivity contribution in [1.82, 2.24) is 9.97 Å². The van der Waals surface area contributed by atoms with E-state index in [1.165, 1.54) is 32.1 Å². The summed E-state index contributed by atoms with van der Waals surface area (Å²) in [5, 5.41) is 0. The summed E-state index contributed by atoms with van der Waals surface area (Å²) in [6.07, 6.45) is 6.35. The molecule has 2 N–H and O–H groups in total. The fourth-order valence-corrected chi connectivity index (χ4v) is 3.06. The third-order valence-corrected chi connectivity index (χ3v) is 4.25. The Morgan fingerprint density at radius 2 is 1.82 bits per heavy atom. The first-order valence-electron chi connectivity index (χ1n) is 6.42. The van der Waals surface area contributed by atoms with Gasteiger partial charge in [0.2, 0.25) is 0 Å². The van der Waals surface area contributed by atoms with Crippen LogP contribution in [0.2, 0.25) is 0 Å². The van der Waals surface area contributed by atoms with Crippen LogP contribution < -0.4 is 5.73 Å². The number of hydrogen-bond donors (Lipinski definition) is 1. The molecule has 4 heteroatoms. The summed E-state index contributed by atoms with van der Waals surface area (Å²) in [5.74, 6) is 2.42. The lowest BCUT2D eigenvalue weighted by Gasteiger charge is -2.22. The molecule has 0 radical (unpaired) electrons. The molecule has 0 aliphatic heterocycles. The van der Waals surface area contributed by atoms with Gasteiger partial charge in [-0.25, -0.2) is 9.97 Å². The lowest BCUT2D eigenvalue weighted by atomic mass is 9.88. The highest BCUT2D eigenvalue weighted by molar-refractivity contribution is 9.10. The minimum absolute atomic E-state index is 0.372. The molecule has 17 heavy (non-hydrogen) atoms. The molecule has 0 spiro atoms. The summed E-state index contributed by atoms with van der Waals surface area (Å²) in [6.45, 7) is 4.27. The van der Waals surface area contributed by atoms with Crippen LogP contribution in [0.1, 0.15) is 69.3 Å². The van der Waals surface area contributed by atoms with E-state index in [-0.39, 0.29) is 0 Å². The molecule has 1 heterocycles. The normalized spacial score (nSPS) is 17.6. The summed E-state index contributed by atoms with van der Waals surface area (Å²) in [5.41, 5.74) is 7.01. The van der Waals surface area contributed by atoms with Crippen LogP contribution in [0.3, 0.4) is 0 Å². The first-order valence-corrected chi connectivity index (χ1v) is 7.21. The molecule has 3 nitrogen and oxygen atoms in total. The van der Waals surface area contributed by atoms with Crippen LogP contribution in [0.15, 0.2) is 4.47 Å². The van der Waals surface area contributed by atoms with Gasteiger partial charge in [0.05, 0.1) is 10.2 Å². The van der Waals surface area contributed by atoms with Crippen LogP contribution in [0.25, 0.3) is 0 Å². The summed E-state index contributed by atoms with van der Waals surface area (Å²) in [4.78, 5) is 9.18. The van der Waals surface area contributed by atoms with Gasteiger partial charge in [-0.3, -0.25) is 0 Å². The van der Waals surface area contributed by atoms with Crippen molar-refractivity contribution in [2.45, 2.75) is 57.8 Å². The van der Waals surface area contributed by atoms with Gasteiger partial charge in [0.25, 0.3) is 0 Å². The zero-order valence-electron chi connectivity index (χ0n) is 10.5. The molecule has 0 amide bonds. The monoisotopic (exact) mass is 297 g/mol. The van der Waals surface area contributed by atoms with E-state index in [1.54, 1.807) is 0 Å². The van der Waals surface area contributed by atoms with Gasteiger partial charge in [0.15, 0.2) is 0 Å². The predicted octanol–water partition coefficient (Wildman–Crippen LogP) is 3.99. The predicted molar refractivity (Wildman–Crippen MR) is 74.1 cm³/mol. The van der Waals surface area contributed by atoms with Crippen molar-refractivity contribution < 1.29 is 0 Å². The smallest absolute Gasteiger partial charge is 0.141 e. The van der Waals surface area contributed by atoms with Crippen molar-refractivity contribution >= 4 is 21.7 Å². The highest BCUT2D eigenvalue weighted by Gasteiger charge is 2.21. The average molecular weight is 298 g/mol. The number of nitrogens with two attached hydrogens (primary N) is 1. The summed E-state index contributed by atoms with van der Waals surface area (Å²) >= 11 is 3.49. The molecule has 0 bridgehead atoms. The van der Waals surface area contributed by atoms with Gasteiger partial charge in [-0.2, -0.15) is 0 Å². The Bertz CT molecular complexity index is 398. The van der Waals surface area contributed by atoms with Crippen molar-refractivity contribution in [2.24, 2.45) is 0 Å². The van der Waals surface area contributed by atoms with Crippen LogP contribution in [0, 0.1) is 0 Å². The van der Waals surface area contributed by atoms with Gasteiger partial charge in [-0.05, 0) is 34.7 Å². The van der Waals surface area contributed by atoms with Gasteiger partial charge in [0, 0.05) is 5.92 Å². The van der Waals surface area contributed by atoms with Gasteiger partial charge in [-0.15, -0.1) is 0 Å². The maximum atomic E-state index is 5.97. The second-order valence-electron chi connectivity index (χ2n) is 5.16. The number of nitrogens with zero attached hydrogens (tertiary/aromatic N) is 2. The van der Waals surface area contributed by atoms with Gasteiger partial charge in [0.1, 0.15) is 11.6 Å². The Morgan fingerprint density at radius 1 is 1.18 bits per heavy atom. The molecular weight excluding hydrogens is 278 g/mol. The molecular formula is C13H20BrN3. The molecule has 2 rings (SSSR count). The molecule has 1 fully saturated rings. The first-order chi connectivity index (χ1) is 8.09. The number of hydrogen-bond acceptors (Lipinski definition) is 3. The lowest BCUT2D eigenvalue weighted by molar-refractivity contribution is 0.427. The SMILES string of the molecule is CC(C)c1nc(C2CCCCC2)nc(N)c1Br. The van der Waals surface area contributed by atoms with Crippen LogP contribution in [-0.4, -0.2) is 9.97 Å².